The molecule has 0 atom stereocenters. The van der Waals surface area contributed by atoms with Crippen LogP contribution in [0, 0.1) is 0 Å². The van der Waals surface area contributed by atoms with Gasteiger partial charge in [0.15, 0.2) is 0 Å². The second kappa shape index (κ2) is 6.17. The summed E-state index contributed by atoms with van der Waals surface area (Å²) in [6.07, 6.45) is 0.891. The molecule has 2 N–H and O–H groups in total. The van der Waals surface area contributed by atoms with Crippen molar-refractivity contribution >= 4 is 5.91 Å². The van der Waals surface area contributed by atoms with E-state index in [0.29, 0.717) is 6.54 Å². The van der Waals surface area contributed by atoms with Crippen LogP contribution >= 0.6 is 0 Å². The van der Waals surface area contributed by atoms with Crippen LogP contribution in [0.1, 0.15) is 35.3 Å². The Bertz CT molecular complexity index is 457. The van der Waals surface area contributed by atoms with Gasteiger partial charge in [-0.05, 0) is 44.0 Å². The number of aliphatic hydroxyl groups excluding tert-OH is 1. The van der Waals surface area contributed by atoms with Gasteiger partial charge in [0.05, 0.1) is 6.61 Å². The lowest BCUT2D eigenvalue weighted by molar-refractivity contribution is 0.0664. The highest BCUT2D eigenvalue weighted by atomic mass is 16.3. The highest BCUT2D eigenvalue weighted by molar-refractivity contribution is 5.96. The Morgan fingerprint density at radius 1 is 1.47 bits per heavy atom. The third kappa shape index (κ3) is 2.96. The largest absolute Gasteiger partial charge is 0.395 e. The number of fused-ring (bicyclic) bond motifs is 1. The zero-order valence-corrected chi connectivity index (χ0v) is 11.6. The smallest absolute Gasteiger partial charge is 0.254 e. The first kappa shape index (κ1) is 14.0. The number of nitrogens with zero attached hydrogens (tertiary/aromatic N) is 1. The maximum atomic E-state index is 12.6. The number of hydrogen-bond donors (Lipinski definition) is 2. The Morgan fingerprint density at radius 3 is 2.95 bits per heavy atom. The van der Waals surface area contributed by atoms with Gasteiger partial charge in [0.25, 0.3) is 5.91 Å². The average molecular weight is 262 g/mol. The van der Waals surface area contributed by atoms with Crippen LogP contribution in [0.4, 0.5) is 0 Å². The molecule has 1 aromatic carbocycles. The molecule has 0 radical (unpaired) electrons. The SMILES string of the molecule is CC(C)N(CCO)C(=O)c1cccc2c1CCNC2. The lowest BCUT2D eigenvalue weighted by Gasteiger charge is -2.28. The molecule has 104 valence electrons. The maximum absolute atomic E-state index is 12.6. The summed E-state index contributed by atoms with van der Waals surface area (Å²) < 4.78 is 0. The summed E-state index contributed by atoms with van der Waals surface area (Å²) >= 11 is 0. The highest BCUT2D eigenvalue weighted by Crippen LogP contribution is 2.21. The lowest BCUT2D eigenvalue weighted by Crippen LogP contribution is -2.40. The van der Waals surface area contributed by atoms with Gasteiger partial charge in [0.2, 0.25) is 0 Å². The predicted octanol–water partition coefficient (Wildman–Crippen LogP) is 1.18. The minimum atomic E-state index is 0.000496. The number of benzene rings is 1. The molecule has 1 aliphatic rings. The Balaban J connectivity index is 2.32. The van der Waals surface area contributed by atoms with Gasteiger partial charge in [0.1, 0.15) is 0 Å². The Labute approximate surface area is 114 Å². The summed E-state index contributed by atoms with van der Waals surface area (Å²) in [4.78, 5) is 14.4. The van der Waals surface area contributed by atoms with E-state index in [0.717, 1.165) is 30.6 Å². The van der Waals surface area contributed by atoms with Gasteiger partial charge < -0.3 is 15.3 Å². The van der Waals surface area contributed by atoms with E-state index in [1.165, 1.54) is 5.56 Å². The van der Waals surface area contributed by atoms with E-state index in [-0.39, 0.29) is 18.6 Å². The molecule has 1 amide bonds. The van der Waals surface area contributed by atoms with Crippen LogP contribution in [0.15, 0.2) is 18.2 Å². The second-order valence-corrected chi connectivity index (χ2v) is 5.19. The van der Waals surface area contributed by atoms with E-state index in [2.05, 4.69) is 11.4 Å². The summed E-state index contributed by atoms with van der Waals surface area (Å²) in [7, 11) is 0. The number of rotatable bonds is 4. The molecule has 1 aromatic rings. The molecular weight excluding hydrogens is 240 g/mol. The first-order valence-electron chi connectivity index (χ1n) is 6.88. The Kier molecular flexibility index (Phi) is 4.56. The number of carbonyl (C=O) groups excluding carboxylic acids is 1. The van der Waals surface area contributed by atoms with Crippen molar-refractivity contribution in [3.63, 3.8) is 0 Å². The van der Waals surface area contributed by atoms with Crippen LogP contribution in [0.25, 0.3) is 0 Å². The molecule has 0 spiro atoms. The van der Waals surface area contributed by atoms with Crippen molar-refractivity contribution in [1.82, 2.24) is 10.2 Å². The molecule has 19 heavy (non-hydrogen) atoms. The minimum absolute atomic E-state index is 0.000496. The van der Waals surface area contributed by atoms with Crippen molar-refractivity contribution in [2.45, 2.75) is 32.9 Å². The van der Waals surface area contributed by atoms with E-state index in [4.69, 9.17) is 5.11 Å². The lowest BCUT2D eigenvalue weighted by atomic mass is 9.94. The van der Waals surface area contributed by atoms with Gasteiger partial charge >= 0.3 is 0 Å². The van der Waals surface area contributed by atoms with Crippen molar-refractivity contribution in [3.05, 3.63) is 34.9 Å². The fraction of sp³-hybridized carbons (Fsp3) is 0.533. The van der Waals surface area contributed by atoms with Gasteiger partial charge in [-0.15, -0.1) is 0 Å². The van der Waals surface area contributed by atoms with E-state index in [1.54, 1.807) is 4.90 Å². The van der Waals surface area contributed by atoms with Crippen LogP contribution < -0.4 is 5.32 Å². The van der Waals surface area contributed by atoms with Crippen molar-refractivity contribution in [2.24, 2.45) is 0 Å². The highest BCUT2D eigenvalue weighted by Gasteiger charge is 2.23. The predicted molar refractivity (Wildman–Crippen MR) is 75.1 cm³/mol. The van der Waals surface area contributed by atoms with Gasteiger partial charge in [-0.25, -0.2) is 0 Å². The molecule has 0 aromatic heterocycles. The van der Waals surface area contributed by atoms with Gasteiger partial charge in [-0.3, -0.25) is 4.79 Å². The summed E-state index contributed by atoms with van der Waals surface area (Å²) in [6.45, 7) is 6.09. The number of aliphatic hydroxyl groups is 1. The van der Waals surface area contributed by atoms with Crippen LogP contribution in [0.5, 0.6) is 0 Å². The molecule has 4 heteroatoms. The van der Waals surface area contributed by atoms with Crippen LogP contribution in [0.3, 0.4) is 0 Å². The van der Waals surface area contributed by atoms with Gasteiger partial charge in [-0.2, -0.15) is 0 Å². The van der Waals surface area contributed by atoms with Crippen molar-refractivity contribution < 1.29 is 9.90 Å². The molecule has 0 aliphatic carbocycles. The van der Waals surface area contributed by atoms with Crippen LogP contribution in [-0.2, 0) is 13.0 Å². The maximum Gasteiger partial charge on any atom is 0.254 e. The molecule has 2 rings (SSSR count). The second-order valence-electron chi connectivity index (χ2n) is 5.19. The number of hydrogen-bond acceptors (Lipinski definition) is 3. The topological polar surface area (TPSA) is 52.6 Å². The third-order valence-corrected chi connectivity index (χ3v) is 3.60. The van der Waals surface area contributed by atoms with Crippen molar-refractivity contribution in [3.8, 4) is 0 Å². The van der Waals surface area contributed by atoms with Gasteiger partial charge in [0, 0.05) is 24.7 Å². The average Bonchev–Trinajstić information content (AvgIpc) is 2.43. The van der Waals surface area contributed by atoms with E-state index in [1.807, 2.05) is 26.0 Å². The van der Waals surface area contributed by atoms with Crippen molar-refractivity contribution in [2.75, 3.05) is 19.7 Å². The fourth-order valence-electron chi connectivity index (χ4n) is 2.59. The first-order valence-corrected chi connectivity index (χ1v) is 6.88. The minimum Gasteiger partial charge on any atom is -0.395 e. The zero-order valence-electron chi connectivity index (χ0n) is 11.6. The van der Waals surface area contributed by atoms with Crippen LogP contribution in [0.2, 0.25) is 0 Å². The molecule has 0 fully saturated rings. The molecule has 0 saturated heterocycles. The normalized spacial score (nSPS) is 14.3. The standard InChI is InChI=1S/C15H22N2O2/c1-11(2)17(8-9-18)15(19)14-5-3-4-12-10-16-7-6-13(12)14/h3-5,11,16,18H,6-10H2,1-2H3. The van der Waals surface area contributed by atoms with E-state index < -0.39 is 0 Å². The van der Waals surface area contributed by atoms with Crippen LogP contribution in [-0.4, -0.2) is 41.7 Å². The molecule has 4 nitrogen and oxygen atoms in total. The number of nitrogens with one attached hydrogen (secondary N) is 1. The quantitative estimate of drug-likeness (QED) is 0.856. The molecule has 0 unspecified atom stereocenters. The molecule has 0 bridgehead atoms. The summed E-state index contributed by atoms with van der Waals surface area (Å²) in [5.41, 5.74) is 3.17. The fourth-order valence-corrected chi connectivity index (χ4v) is 2.59. The molecular formula is C15H22N2O2. The number of carbonyl (C=O) groups is 1. The summed E-state index contributed by atoms with van der Waals surface area (Å²) in [5, 5.41) is 12.4. The Hall–Kier alpha value is -1.39. The molecule has 1 heterocycles. The summed E-state index contributed by atoms with van der Waals surface area (Å²) in [6, 6.07) is 6.01. The first-order chi connectivity index (χ1) is 9.15. The Morgan fingerprint density at radius 2 is 2.26 bits per heavy atom. The molecule has 1 aliphatic heterocycles. The monoisotopic (exact) mass is 262 g/mol. The summed E-state index contributed by atoms with van der Waals surface area (Å²) in [5.74, 6) is 0.0304. The zero-order chi connectivity index (χ0) is 13.8. The van der Waals surface area contributed by atoms with Crippen molar-refractivity contribution in [1.29, 1.82) is 0 Å². The third-order valence-electron chi connectivity index (χ3n) is 3.60. The van der Waals surface area contributed by atoms with E-state index in [9.17, 15) is 4.79 Å². The number of amides is 1. The van der Waals surface area contributed by atoms with Gasteiger partial charge in [-0.1, -0.05) is 12.1 Å². The molecule has 0 saturated carbocycles. The van der Waals surface area contributed by atoms with E-state index >= 15 is 0 Å².